The quantitative estimate of drug-likeness (QED) is 0.170. The molecule has 2 heteroatoms. The number of nitrogens with zero attached hydrogens (tertiary/aromatic N) is 2. The normalized spacial score (nSPS) is 15.8. The first-order valence-electron chi connectivity index (χ1n) is 17.7. The third kappa shape index (κ3) is 4.94. The van der Waals surface area contributed by atoms with Gasteiger partial charge in [0.15, 0.2) is 0 Å². The number of pyridine rings is 1. The lowest BCUT2D eigenvalue weighted by Gasteiger charge is -2.26. The fraction of sp³-hybridized carbons (Fsp3) is 0.0612. The van der Waals surface area contributed by atoms with Crippen molar-refractivity contribution in [3.05, 3.63) is 176 Å². The van der Waals surface area contributed by atoms with Gasteiger partial charge in [-0.25, -0.2) is 0 Å². The molecule has 1 unspecified atom stereocenters. The molecule has 0 aliphatic carbocycles. The molecule has 0 fully saturated rings. The van der Waals surface area contributed by atoms with Crippen molar-refractivity contribution in [2.45, 2.75) is 12.3 Å². The molecule has 0 saturated heterocycles. The summed E-state index contributed by atoms with van der Waals surface area (Å²) in [4.78, 5) is 9.16. The first-order chi connectivity index (χ1) is 25.1. The highest BCUT2D eigenvalue weighted by atomic mass is 14.7. The molecule has 0 bridgehead atoms. The summed E-state index contributed by atoms with van der Waals surface area (Å²) in [6.07, 6.45) is 8.08. The van der Waals surface area contributed by atoms with Gasteiger partial charge in [-0.2, -0.15) is 0 Å². The van der Waals surface area contributed by atoms with Gasteiger partial charge in [-0.05, 0) is 125 Å². The van der Waals surface area contributed by atoms with Crippen LogP contribution in [0.2, 0.25) is 0 Å². The molecule has 1 aliphatic rings. The van der Waals surface area contributed by atoms with Crippen LogP contribution in [0, 0.1) is 0 Å². The highest BCUT2D eigenvalue weighted by Crippen LogP contribution is 2.45. The van der Waals surface area contributed by atoms with Gasteiger partial charge < -0.3 is 0 Å². The van der Waals surface area contributed by atoms with E-state index in [0.29, 0.717) is 0 Å². The Kier molecular flexibility index (Phi) is 6.72. The van der Waals surface area contributed by atoms with Crippen LogP contribution in [0.3, 0.4) is 0 Å². The molecule has 0 radical (unpaired) electrons. The Morgan fingerprint density at radius 1 is 0.490 bits per heavy atom. The minimum Gasteiger partial charge on any atom is -0.292 e. The monoisotopic (exact) mass is 650 g/mol. The topological polar surface area (TPSA) is 25.2 Å². The Hall–Kier alpha value is -6.38. The molecule has 9 aromatic rings. The zero-order valence-electron chi connectivity index (χ0n) is 28.3. The van der Waals surface area contributed by atoms with Crippen molar-refractivity contribution in [1.29, 1.82) is 0 Å². The van der Waals surface area contributed by atoms with Gasteiger partial charge in [-0.1, -0.05) is 128 Å². The molecule has 51 heavy (non-hydrogen) atoms. The summed E-state index contributed by atoms with van der Waals surface area (Å²) in [5, 5.41) is 10.2. The summed E-state index contributed by atoms with van der Waals surface area (Å²) < 4.78 is 0. The van der Waals surface area contributed by atoms with Crippen molar-refractivity contribution >= 4 is 49.3 Å². The van der Waals surface area contributed by atoms with Crippen molar-refractivity contribution in [3.63, 3.8) is 0 Å². The van der Waals surface area contributed by atoms with Crippen LogP contribution in [0.25, 0.3) is 87.7 Å². The summed E-state index contributed by atoms with van der Waals surface area (Å²) >= 11 is 0. The van der Waals surface area contributed by atoms with E-state index in [2.05, 4.69) is 169 Å². The maximum Gasteiger partial charge on any atom is 0.0701 e. The maximum absolute atomic E-state index is 4.59. The van der Waals surface area contributed by atoms with Gasteiger partial charge in [-0.3, -0.25) is 9.98 Å². The fourth-order valence-corrected chi connectivity index (χ4v) is 8.11. The molecule has 1 aliphatic heterocycles. The second-order valence-corrected chi connectivity index (χ2v) is 14.1. The van der Waals surface area contributed by atoms with Crippen LogP contribution in [0.5, 0.6) is 0 Å². The Balaban J connectivity index is 1.18. The Labute approximate surface area is 297 Å². The number of benzene rings is 8. The largest absolute Gasteiger partial charge is 0.292 e. The molecular weight excluding hydrogens is 617 g/mol. The molecule has 240 valence electrons. The van der Waals surface area contributed by atoms with Gasteiger partial charge in [0.25, 0.3) is 0 Å². The molecule has 2 nitrogen and oxygen atoms in total. The minimum atomic E-state index is -0.0980. The predicted molar refractivity (Wildman–Crippen MR) is 217 cm³/mol. The van der Waals surface area contributed by atoms with E-state index in [-0.39, 0.29) is 5.41 Å². The fourth-order valence-electron chi connectivity index (χ4n) is 8.11. The van der Waals surface area contributed by atoms with Crippen LogP contribution in [0.1, 0.15) is 12.5 Å². The Morgan fingerprint density at radius 2 is 1.10 bits per heavy atom. The lowest BCUT2D eigenvalue weighted by Crippen LogP contribution is -2.24. The molecule has 0 spiro atoms. The van der Waals surface area contributed by atoms with E-state index in [9.17, 15) is 0 Å². The lowest BCUT2D eigenvalue weighted by atomic mass is 9.80. The summed E-state index contributed by atoms with van der Waals surface area (Å²) in [6, 6.07) is 56.0. The van der Waals surface area contributed by atoms with Crippen LogP contribution >= 0.6 is 0 Å². The molecule has 1 atom stereocenters. The van der Waals surface area contributed by atoms with Crippen LogP contribution in [0.4, 0.5) is 0 Å². The van der Waals surface area contributed by atoms with E-state index < -0.39 is 0 Å². The van der Waals surface area contributed by atoms with Gasteiger partial charge in [0.05, 0.1) is 12.2 Å². The second-order valence-electron chi connectivity index (χ2n) is 14.1. The zero-order chi connectivity index (χ0) is 33.9. The molecule has 10 rings (SSSR count). The van der Waals surface area contributed by atoms with E-state index in [4.69, 9.17) is 0 Å². The van der Waals surface area contributed by atoms with Crippen molar-refractivity contribution < 1.29 is 0 Å². The lowest BCUT2D eigenvalue weighted by molar-refractivity contribution is 0.606. The number of dihydropyridines is 1. The highest BCUT2D eigenvalue weighted by Gasteiger charge is 2.25. The van der Waals surface area contributed by atoms with E-state index in [0.717, 1.165) is 17.8 Å². The van der Waals surface area contributed by atoms with Crippen molar-refractivity contribution in [2.75, 3.05) is 6.54 Å². The van der Waals surface area contributed by atoms with E-state index in [1.165, 1.54) is 82.0 Å². The van der Waals surface area contributed by atoms with Crippen molar-refractivity contribution in [3.8, 4) is 44.6 Å². The predicted octanol–water partition coefficient (Wildman–Crippen LogP) is 12.7. The summed E-state index contributed by atoms with van der Waals surface area (Å²) in [7, 11) is 0. The third-order valence-electron chi connectivity index (χ3n) is 10.9. The van der Waals surface area contributed by atoms with Gasteiger partial charge in [0.2, 0.25) is 0 Å². The molecule has 1 aromatic heterocycles. The molecule has 0 N–H and O–H groups in total. The second kappa shape index (κ2) is 11.6. The number of aromatic nitrogens is 1. The number of allylic oxidation sites excluding steroid dienone is 1. The zero-order valence-corrected chi connectivity index (χ0v) is 28.3. The average Bonchev–Trinajstić information content (AvgIpc) is 3.20. The summed E-state index contributed by atoms with van der Waals surface area (Å²) in [5.41, 5.74) is 10.6. The number of fused-ring (bicyclic) bond motifs is 1. The van der Waals surface area contributed by atoms with E-state index >= 15 is 0 Å². The number of hydrogen-bond donors (Lipinski definition) is 0. The summed E-state index contributed by atoms with van der Waals surface area (Å²) in [5.74, 6) is 0. The summed E-state index contributed by atoms with van der Waals surface area (Å²) in [6.45, 7) is 3.03. The van der Waals surface area contributed by atoms with Gasteiger partial charge >= 0.3 is 0 Å². The number of aliphatic imine (C=N–C) groups is 1. The highest BCUT2D eigenvalue weighted by molar-refractivity contribution is 6.28. The number of rotatable bonds is 5. The first-order valence-corrected chi connectivity index (χ1v) is 17.7. The van der Waals surface area contributed by atoms with Crippen LogP contribution in [-0.4, -0.2) is 17.7 Å². The van der Waals surface area contributed by atoms with Gasteiger partial charge in [0, 0.05) is 23.4 Å². The smallest absolute Gasteiger partial charge is 0.0701 e. The van der Waals surface area contributed by atoms with Crippen LogP contribution in [0.15, 0.2) is 175 Å². The van der Waals surface area contributed by atoms with Crippen molar-refractivity contribution in [2.24, 2.45) is 4.99 Å². The molecule has 8 aromatic carbocycles. The molecular formula is C49H34N2. The molecule has 0 saturated carbocycles. The van der Waals surface area contributed by atoms with E-state index in [1.807, 2.05) is 24.5 Å². The maximum atomic E-state index is 4.59. The van der Waals surface area contributed by atoms with Crippen LogP contribution in [-0.2, 0) is 5.41 Å². The van der Waals surface area contributed by atoms with Crippen LogP contribution < -0.4 is 0 Å². The molecule has 2 heterocycles. The third-order valence-corrected chi connectivity index (χ3v) is 10.9. The standard InChI is InChI=1S/C49H34N2/c1-49(24-6-25-50-31-49)41-20-16-34(17-21-41)45-30-44(33-11-13-35(14-12-33)46-9-4-5-26-51-46)42-22-18-38-28-40(29-39-19-23-43(45)48(42)47(38)39)37-15-10-32-7-2-3-8-36(32)27-37/h2-30H,31H2,1H3. The molecule has 0 amide bonds. The average molecular weight is 651 g/mol. The SMILES string of the molecule is CC1(c2ccc(-c3cc(-c4ccc(-c5ccccn5)cc4)c4ccc5cc(-c6ccc7ccccc7c6)cc6ccc3c4c56)cc2)C=CC=NC1. The van der Waals surface area contributed by atoms with E-state index in [1.54, 1.807) is 0 Å². The Bertz CT molecular complexity index is 2790. The van der Waals surface area contributed by atoms with Crippen molar-refractivity contribution in [1.82, 2.24) is 4.98 Å². The number of hydrogen-bond acceptors (Lipinski definition) is 2. The Morgan fingerprint density at radius 3 is 1.76 bits per heavy atom. The first kappa shape index (κ1) is 29.5. The van der Waals surface area contributed by atoms with Gasteiger partial charge in [-0.15, -0.1) is 0 Å². The minimum absolute atomic E-state index is 0.0980. The van der Waals surface area contributed by atoms with Gasteiger partial charge in [0.1, 0.15) is 0 Å².